The molecular formula is C11H17N2O+. The highest BCUT2D eigenvalue weighted by atomic mass is 16.5. The SMILES string of the molecule is CC(C)(COC(N)=[NH2+])c1ccccc1. The molecule has 0 saturated carbocycles. The van der Waals surface area contributed by atoms with Gasteiger partial charge in [0, 0.05) is 5.41 Å². The number of ether oxygens (including phenoxy) is 1. The smallest absolute Gasteiger partial charge is 0.431 e. The lowest BCUT2D eigenvalue weighted by atomic mass is 9.86. The Kier molecular flexibility index (Phi) is 3.12. The minimum absolute atomic E-state index is 0.0222. The fraction of sp³-hybridized carbons (Fsp3) is 0.364. The zero-order chi connectivity index (χ0) is 10.6. The van der Waals surface area contributed by atoms with Gasteiger partial charge in [-0.25, -0.2) is 0 Å². The van der Waals surface area contributed by atoms with Crippen molar-refractivity contribution in [3.05, 3.63) is 35.9 Å². The minimum Gasteiger partial charge on any atom is -0.431 e. The zero-order valence-electron chi connectivity index (χ0n) is 8.66. The van der Waals surface area contributed by atoms with E-state index < -0.39 is 0 Å². The molecule has 0 bridgehead atoms. The van der Waals surface area contributed by atoms with Crippen molar-refractivity contribution >= 4 is 6.02 Å². The van der Waals surface area contributed by atoms with Crippen LogP contribution in [-0.2, 0) is 10.2 Å². The van der Waals surface area contributed by atoms with E-state index in [2.05, 4.69) is 26.0 Å². The second-order valence-corrected chi connectivity index (χ2v) is 3.94. The standard InChI is InChI=1S/C11H16N2O/c1-11(2,8-14-10(12)13)9-6-4-3-5-7-9/h3-7H,8H2,1-2H3,(H3,12,13)/p+1. The maximum atomic E-state index is 5.25. The van der Waals surface area contributed by atoms with Gasteiger partial charge in [-0.3, -0.25) is 11.1 Å². The van der Waals surface area contributed by atoms with E-state index >= 15 is 0 Å². The van der Waals surface area contributed by atoms with Crippen molar-refractivity contribution in [2.75, 3.05) is 6.61 Å². The molecule has 0 spiro atoms. The molecule has 0 radical (unpaired) electrons. The van der Waals surface area contributed by atoms with Gasteiger partial charge in [0.25, 0.3) is 0 Å². The molecule has 0 heterocycles. The Morgan fingerprint density at radius 1 is 1.36 bits per heavy atom. The maximum absolute atomic E-state index is 5.25. The van der Waals surface area contributed by atoms with Gasteiger partial charge in [0.05, 0.1) is 0 Å². The molecular weight excluding hydrogens is 176 g/mol. The molecule has 1 aromatic rings. The molecule has 0 aliphatic rings. The largest absolute Gasteiger partial charge is 0.437 e. The Hall–Kier alpha value is -1.51. The molecule has 76 valence electrons. The average Bonchev–Trinajstić information content (AvgIpc) is 2.16. The number of hydrogen-bond acceptors (Lipinski definition) is 1. The number of hydrogen-bond donors (Lipinski definition) is 2. The lowest BCUT2D eigenvalue weighted by Gasteiger charge is -2.23. The van der Waals surface area contributed by atoms with E-state index in [9.17, 15) is 0 Å². The molecule has 0 unspecified atom stereocenters. The van der Waals surface area contributed by atoms with Gasteiger partial charge >= 0.3 is 6.02 Å². The summed E-state index contributed by atoms with van der Waals surface area (Å²) in [6, 6.07) is 10.2. The Morgan fingerprint density at radius 3 is 2.43 bits per heavy atom. The molecule has 3 nitrogen and oxygen atoms in total. The highest BCUT2D eigenvalue weighted by molar-refractivity contribution is 5.64. The topological polar surface area (TPSA) is 60.8 Å². The molecule has 0 fully saturated rings. The van der Waals surface area contributed by atoms with Gasteiger partial charge in [-0.1, -0.05) is 44.2 Å². The fourth-order valence-corrected chi connectivity index (χ4v) is 1.24. The summed E-state index contributed by atoms with van der Waals surface area (Å²) in [5.41, 5.74) is 6.38. The third-order valence-corrected chi connectivity index (χ3v) is 2.15. The summed E-state index contributed by atoms with van der Waals surface area (Å²) in [6.45, 7) is 4.66. The van der Waals surface area contributed by atoms with Crippen LogP contribution in [-0.4, -0.2) is 12.6 Å². The minimum atomic E-state index is -0.0781. The van der Waals surface area contributed by atoms with Crippen molar-refractivity contribution in [3.63, 3.8) is 0 Å². The summed E-state index contributed by atoms with van der Waals surface area (Å²) in [6.07, 6.45) is 0. The molecule has 0 aromatic heterocycles. The Balaban J connectivity index is 2.70. The van der Waals surface area contributed by atoms with Gasteiger partial charge in [-0.15, -0.1) is 0 Å². The number of benzene rings is 1. The second-order valence-electron chi connectivity index (χ2n) is 3.94. The lowest BCUT2D eigenvalue weighted by Crippen LogP contribution is -2.48. The van der Waals surface area contributed by atoms with Crippen LogP contribution in [0.15, 0.2) is 30.3 Å². The predicted octanol–water partition coefficient (Wildman–Crippen LogP) is 0.0546. The molecule has 1 aromatic carbocycles. The number of nitrogens with two attached hydrogens (primary N) is 2. The average molecular weight is 193 g/mol. The first-order valence-electron chi connectivity index (χ1n) is 4.58. The molecule has 0 amide bonds. The van der Waals surface area contributed by atoms with Crippen molar-refractivity contribution in [3.8, 4) is 0 Å². The Labute approximate surface area is 84.4 Å². The Morgan fingerprint density at radius 2 is 1.93 bits per heavy atom. The monoisotopic (exact) mass is 193 g/mol. The molecule has 0 aliphatic carbocycles. The van der Waals surface area contributed by atoms with Crippen LogP contribution in [0.4, 0.5) is 0 Å². The Bertz CT molecular complexity index is 306. The van der Waals surface area contributed by atoms with Crippen molar-refractivity contribution in [2.45, 2.75) is 19.3 Å². The summed E-state index contributed by atoms with van der Waals surface area (Å²) < 4.78 is 5.13. The number of amidine groups is 1. The zero-order valence-corrected chi connectivity index (χ0v) is 8.66. The van der Waals surface area contributed by atoms with Gasteiger partial charge in [0.1, 0.15) is 6.61 Å². The summed E-state index contributed by atoms with van der Waals surface area (Å²) in [5, 5.41) is 5.25. The predicted molar refractivity (Wildman–Crippen MR) is 56.5 cm³/mol. The highest BCUT2D eigenvalue weighted by Gasteiger charge is 2.21. The number of rotatable bonds is 3. The van der Waals surface area contributed by atoms with Gasteiger partial charge in [-0.05, 0) is 5.56 Å². The van der Waals surface area contributed by atoms with E-state index in [-0.39, 0.29) is 11.4 Å². The van der Waals surface area contributed by atoms with Gasteiger partial charge < -0.3 is 4.74 Å². The van der Waals surface area contributed by atoms with E-state index in [0.717, 1.165) is 0 Å². The van der Waals surface area contributed by atoms with Crippen molar-refractivity contribution in [1.29, 1.82) is 0 Å². The van der Waals surface area contributed by atoms with Crippen LogP contribution in [0, 0.1) is 0 Å². The van der Waals surface area contributed by atoms with Crippen LogP contribution >= 0.6 is 0 Å². The summed E-state index contributed by atoms with van der Waals surface area (Å²) in [4.78, 5) is 0. The summed E-state index contributed by atoms with van der Waals surface area (Å²) in [7, 11) is 0. The third-order valence-electron chi connectivity index (χ3n) is 2.15. The van der Waals surface area contributed by atoms with Gasteiger partial charge in [0.2, 0.25) is 0 Å². The lowest BCUT2D eigenvalue weighted by molar-refractivity contribution is -0.143. The maximum Gasteiger partial charge on any atom is 0.437 e. The van der Waals surface area contributed by atoms with Crippen LogP contribution in [0.3, 0.4) is 0 Å². The summed E-state index contributed by atoms with van der Waals surface area (Å²) in [5.74, 6) is 0. The van der Waals surface area contributed by atoms with E-state index in [1.165, 1.54) is 5.56 Å². The molecule has 14 heavy (non-hydrogen) atoms. The third kappa shape index (κ3) is 2.76. The first-order valence-corrected chi connectivity index (χ1v) is 4.58. The normalized spacial score (nSPS) is 11.0. The molecule has 0 atom stereocenters. The van der Waals surface area contributed by atoms with E-state index in [1.807, 2.05) is 18.2 Å². The van der Waals surface area contributed by atoms with Crippen molar-refractivity contribution < 1.29 is 10.1 Å². The van der Waals surface area contributed by atoms with Crippen LogP contribution in [0.5, 0.6) is 0 Å². The van der Waals surface area contributed by atoms with Crippen molar-refractivity contribution in [1.82, 2.24) is 0 Å². The molecule has 0 saturated heterocycles. The first-order chi connectivity index (χ1) is 6.52. The van der Waals surface area contributed by atoms with E-state index in [0.29, 0.717) is 6.61 Å². The van der Waals surface area contributed by atoms with Gasteiger partial charge in [-0.2, -0.15) is 0 Å². The molecule has 0 aliphatic heterocycles. The van der Waals surface area contributed by atoms with Gasteiger partial charge in [0.15, 0.2) is 0 Å². The quantitative estimate of drug-likeness (QED) is 0.526. The van der Waals surface area contributed by atoms with E-state index in [1.54, 1.807) is 0 Å². The van der Waals surface area contributed by atoms with Crippen LogP contribution < -0.4 is 11.1 Å². The second kappa shape index (κ2) is 4.13. The van der Waals surface area contributed by atoms with Crippen LogP contribution in [0.1, 0.15) is 19.4 Å². The molecule has 1 rings (SSSR count). The molecule has 4 N–H and O–H groups in total. The van der Waals surface area contributed by atoms with Crippen molar-refractivity contribution in [2.24, 2.45) is 5.73 Å². The first kappa shape index (κ1) is 10.6. The van der Waals surface area contributed by atoms with Crippen LogP contribution in [0.2, 0.25) is 0 Å². The fourth-order valence-electron chi connectivity index (χ4n) is 1.24. The highest BCUT2D eigenvalue weighted by Crippen LogP contribution is 2.22. The van der Waals surface area contributed by atoms with Crippen LogP contribution in [0.25, 0.3) is 0 Å². The van der Waals surface area contributed by atoms with E-state index in [4.69, 9.17) is 15.9 Å². The summed E-state index contributed by atoms with van der Waals surface area (Å²) >= 11 is 0. The molecule has 3 heteroatoms.